The largest absolute Gasteiger partial charge is 0.453 e. The Labute approximate surface area is 84.8 Å². The van der Waals surface area contributed by atoms with Crippen molar-refractivity contribution in [2.24, 2.45) is 11.7 Å². The van der Waals surface area contributed by atoms with Crippen LogP contribution in [0.5, 0.6) is 0 Å². The molecule has 4 heteroatoms. The van der Waals surface area contributed by atoms with E-state index in [2.05, 4.69) is 0 Å². The zero-order valence-electron chi connectivity index (χ0n) is 8.95. The van der Waals surface area contributed by atoms with Crippen LogP contribution in [0.1, 0.15) is 33.6 Å². The number of nitrogens with two attached hydrogens (primary N) is 1. The lowest BCUT2D eigenvalue weighted by atomic mass is 10.1. The van der Waals surface area contributed by atoms with Gasteiger partial charge in [-0.15, -0.1) is 0 Å². The van der Waals surface area contributed by atoms with Crippen molar-refractivity contribution in [1.29, 1.82) is 0 Å². The second-order valence-electron chi connectivity index (χ2n) is 3.60. The van der Waals surface area contributed by atoms with Crippen LogP contribution in [-0.4, -0.2) is 24.4 Å². The Hall–Kier alpha value is -0.900. The van der Waals surface area contributed by atoms with Crippen LogP contribution in [0.4, 0.5) is 0 Å². The lowest BCUT2D eigenvalue weighted by Crippen LogP contribution is -2.39. The number of carbonyl (C=O) groups excluding carboxylic acids is 2. The van der Waals surface area contributed by atoms with Crippen LogP contribution in [0, 0.1) is 5.92 Å². The van der Waals surface area contributed by atoms with Crippen molar-refractivity contribution in [3.8, 4) is 0 Å². The first-order valence-corrected chi connectivity index (χ1v) is 4.86. The summed E-state index contributed by atoms with van der Waals surface area (Å²) in [6.45, 7) is 5.55. The second kappa shape index (κ2) is 6.54. The van der Waals surface area contributed by atoms with Crippen molar-refractivity contribution in [3.05, 3.63) is 0 Å². The molecule has 0 aliphatic carbocycles. The number of carbonyl (C=O) groups is 1. The highest BCUT2D eigenvalue weighted by atomic mass is 16.5. The van der Waals surface area contributed by atoms with Crippen LogP contribution >= 0.6 is 0 Å². The zero-order valence-corrected chi connectivity index (χ0v) is 8.95. The lowest BCUT2D eigenvalue weighted by molar-refractivity contribution is -0.149. The van der Waals surface area contributed by atoms with Crippen LogP contribution < -0.4 is 5.73 Å². The summed E-state index contributed by atoms with van der Waals surface area (Å²) in [5.41, 5.74) is 5.55. The SMILES string of the molecule is CCCC([C]=O)OC(=O)[C@@H](N)C(C)C. The summed E-state index contributed by atoms with van der Waals surface area (Å²) in [6.07, 6.45) is 2.18. The lowest BCUT2D eigenvalue weighted by Gasteiger charge is -2.17. The van der Waals surface area contributed by atoms with E-state index < -0.39 is 18.1 Å². The van der Waals surface area contributed by atoms with Gasteiger partial charge in [0.05, 0.1) is 0 Å². The molecule has 0 amide bonds. The fourth-order valence-corrected chi connectivity index (χ4v) is 0.895. The highest BCUT2D eigenvalue weighted by Crippen LogP contribution is 2.05. The molecule has 0 aromatic heterocycles. The molecule has 0 aromatic carbocycles. The van der Waals surface area contributed by atoms with E-state index in [4.69, 9.17) is 10.5 Å². The van der Waals surface area contributed by atoms with Gasteiger partial charge in [-0.25, -0.2) is 0 Å². The quantitative estimate of drug-likeness (QED) is 0.643. The van der Waals surface area contributed by atoms with E-state index in [0.29, 0.717) is 6.42 Å². The van der Waals surface area contributed by atoms with Crippen molar-refractivity contribution in [2.45, 2.75) is 45.8 Å². The minimum Gasteiger partial charge on any atom is -0.453 e. The smallest absolute Gasteiger partial charge is 0.323 e. The molecule has 0 bridgehead atoms. The van der Waals surface area contributed by atoms with Crippen LogP contribution in [-0.2, 0) is 14.3 Å². The van der Waals surface area contributed by atoms with Gasteiger partial charge in [-0.3, -0.25) is 9.59 Å². The number of hydrogen-bond acceptors (Lipinski definition) is 4. The third kappa shape index (κ3) is 4.37. The molecule has 0 aromatic rings. The standard InChI is InChI=1S/C10H18NO3/c1-4-5-8(6-12)14-10(13)9(11)7(2)3/h7-9H,4-5,11H2,1-3H3/t8?,9-/m0/s1. The van der Waals surface area contributed by atoms with E-state index in [1.807, 2.05) is 20.8 Å². The summed E-state index contributed by atoms with van der Waals surface area (Å²) < 4.78 is 4.88. The molecule has 0 saturated heterocycles. The van der Waals surface area contributed by atoms with Gasteiger partial charge in [0.2, 0.25) is 6.29 Å². The number of hydrogen-bond donors (Lipinski definition) is 1. The first-order valence-electron chi connectivity index (χ1n) is 4.86. The van der Waals surface area contributed by atoms with E-state index >= 15 is 0 Å². The molecule has 0 heterocycles. The minimum absolute atomic E-state index is 0.0106. The van der Waals surface area contributed by atoms with Crippen LogP contribution in [0.15, 0.2) is 0 Å². The summed E-state index contributed by atoms with van der Waals surface area (Å²) in [6, 6.07) is -0.664. The Morgan fingerprint density at radius 3 is 2.43 bits per heavy atom. The summed E-state index contributed by atoms with van der Waals surface area (Å²) in [5, 5.41) is 0. The van der Waals surface area contributed by atoms with Crippen molar-refractivity contribution in [3.63, 3.8) is 0 Å². The summed E-state index contributed by atoms with van der Waals surface area (Å²) in [7, 11) is 0. The van der Waals surface area contributed by atoms with Crippen molar-refractivity contribution >= 4 is 12.3 Å². The van der Waals surface area contributed by atoms with Gasteiger partial charge in [0.25, 0.3) is 0 Å². The maximum absolute atomic E-state index is 11.3. The predicted molar refractivity (Wildman–Crippen MR) is 53.3 cm³/mol. The van der Waals surface area contributed by atoms with Crippen molar-refractivity contribution in [2.75, 3.05) is 0 Å². The Balaban J connectivity index is 4.08. The van der Waals surface area contributed by atoms with E-state index in [1.165, 1.54) is 0 Å². The molecule has 1 radical (unpaired) electrons. The van der Waals surface area contributed by atoms with Gasteiger partial charge in [-0.05, 0) is 12.3 Å². The molecule has 2 N–H and O–H groups in total. The van der Waals surface area contributed by atoms with Gasteiger partial charge < -0.3 is 10.5 Å². The van der Waals surface area contributed by atoms with E-state index in [1.54, 1.807) is 6.29 Å². The highest BCUT2D eigenvalue weighted by molar-refractivity contribution is 5.77. The molecule has 0 spiro atoms. The molecule has 4 nitrogen and oxygen atoms in total. The van der Waals surface area contributed by atoms with Gasteiger partial charge in [-0.2, -0.15) is 0 Å². The molecule has 81 valence electrons. The fourth-order valence-electron chi connectivity index (χ4n) is 0.895. The van der Waals surface area contributed by atoms with Crippen molar-refractivity contribution in [1.82, 2.24) is 0 Å². The van der Waals surface area contributed by atoms with Gasteiger partial charge in [0.15, 0.2) is 6.10 Å². The topological polar surface area (TPSA) is 69.4 Å². The third-order valence-electron chi connectivity index (χ3n) is 1.93. The molecule has 0 fully saturated rings. The maximum Gasteiger partial charge on any atom is 0.323 e. The first kappa shape index (κ1) is 13.1. The summed E-state index contributed by atoms with van der Waals surface area (Å²) in [4.78, 5) is 21.7. The molecule has 1 unspecified atom stereocenters. The average molecular weight is 200 g/mol. The maximum atomic E-state index is 11.3. The molecular formula is C10H18NO3. The fraction of sp³-hybridized carbons (Fsp3) is 0.800. The second-order valence-corrected chi connectivity index (χ2v) is 3.60. The van der Waals surface area contributed by atoms with E-state index in [-0.39, 0.29) is 5.92 Å². The minimum atomic E-state index is -0.766. The average Bonchev–Trinajstić information content (AvgIpc) is 2.15. The highest BCUT2D eigenvalue weighted by Gasteiger charge is 2.22. The summed E-state index contributed by atoms with van der Waals surface area (Å²) >= 11 is 0. The van der Waals surface area contributed by atoms with Gasteiger partial charge in [-0.1, -0.05) is 27.2 Å². The summed E-state index contributed by atoms with van der Waals surface area (Å²) in [5.74, 6) is -0.516. The molecule has 0 rings (SSSR count). The number of ether oxygens (including phenoxy) is 1. The molecule has 0 saturated carbocycles. The van der Waals surface area contributed by atoms with E-state index in [9.17, 15) is 9.59 Å². The van der Waals surface area contributed by atoms with Gasteiger partial charge in [0, 0.05) is 0 Å². The van der Waals surface area contributed by atoms with Gasteiger partial charge in [0.1, 0.15) is 6.04 Å². The van der Waals surface area contributed by atoms with Crippen LogP contribution in [0.25, 0.3) is 0 Å². The molecular weight excluding hydrogens is 182 g/mol. The normalized spacial score (nSPS) is 14.9. The monoisotopic (exact) mass is 200 g/mol. The van der Waals surface area contributed by atoms with E-state index in [0.717, 1.165) is 6.42 Å². The Morgan fingerprint density at radius 1 is 1.50 bits per heavy atom. The molecule has 0 aliphatic heterocycles. The zero-order chi connectivity index (χ0) is 11.1. The molecule has 0 aliphatic rings. The van der Waals surface area contributed by atoms with Crippen LogP contribution in [0.3, 0.4) is 0 Å². The Morgan fingerprint density at radius 2 is 2.07 bits per heavy atom. The number of esters is 1. The van der Waals surface area contributed by atoms with Crippen molar-refractivity contribution < 1.29 is 14.3 Å². The molecule has 2 atom stereocenters. The van der Waals surface area contributed by atoms with Gasteiger partial charge >= 0.3 is 5.97 Å². The molecule has 14 heavy (non-hydrogen) atoms. The third-order valence-corrected chi connectivity index (χ3v) is 1.93. The number of rotatable bonds is 6. The Kier molecular flexibility index (Phi) is 6.12. The predicted octanol–water partition coefficient (Wildman–Crippen LogP) is 0.791. The Bertz CT molecular complexity index is 192. The van der Waals surface area contributed by atoms with Crippen LogP contribution in [0.2, 0.25) is 0 Å². The first-order chi connectivity index (χ1) is 6.52.